The lowest BCUT2D eigenvalue weighted by Gasteiger charge is -2.14. The first-order valence-electron chi connectivity index (χ1n) is 10.2. The zero-order valence-electron chi connectivity index (χ0n) is 19.6. The number of hydrogen-bond acceptors (Lipinski definition) is 7. The predicted molar refractivity (Wildman–Crippen MR) is 115 cm³/mol. The number of nitrogens with zero attached hydrogens (tertiary/aromatic N) is 1. The first kappa shape index (κ1) is 17.8. The number of amides is 1. The molecule has 0 saturated carbocycles. The third-order valence-electron chi connectivity index (χ3n) is 4.31. The first-order chi connectivity index (χ1) is 15.2. The number of sulfonamides is 1. The van der Waals surface area contributed by atoms with Crippen LogP contribution in [0.5, 0.6) is 0 Å². The van der Waals surface area contributed by atoms with Crippen LogP contribution in [0.15, 0.2) is 33.0 Å². The van der Waals surface area contributed by atoms with Crippen LogP contribution in [0.3, 0.4) is 0 Å². The van der Waals surface area contributed by atoms with Crippen molar-refractivity contribution in [3.8, 4) is 0 Å². The van der Waals surface area contributed by atoms with Gasteiger partial charge in [0.25, 0.3) is 15.9 Å². The number of aromatic nitrogens is 1. The van der Waals surface area contributed by atoms with Gasteiger partial charge in [-0.1, -0.05) is 11.2 Å². The fourth-order valence-electron chi connectivity index (χ4n) is 2.87. The summed E-state index contributed by atoms with van der Waals surface area (Å²) >= 11 is 0.879. The smallest absolute Gasteiger partial charge is 0.267 e. The number of rotatable bonds is 6. The van der Waals surface area contributed by atoms with Crippen molar-refractivity contribution in [2.45, 2.75) is 39.4 Å². The van der Waals surface area contributed by atoms with Gasteiger partial charge in [-0.15, -0.1) is 11.3 Å². The van der Waals surface area contributed by atoms with E-state index in [0.29, 0.717) is 16.8 Å². The Bertz CT molecular complexity index is 1360. The van der Waals surface area contributed by atoms with E-state index in [4.69, 9.17) is 8.64 Å². The molecule has 0 saturated heterocycles. The largest absolute Gasteiger partial charge is 0.337 e. The van der Waals surface area contributed by atoms with E-state index in [1.807, 2.05) is 6.92 Å². The van der Waals surface area contributed by atoms with Gasteiger partial charge < -0.3 is 9.84 Å². The minimum atomic E-state index is -4.40. The minimum Gasteiger partial charge on any atom is -0.337 e. The second-order valence-corrected chi connectivity index (χ2v) is 9.27. The zero-order chi connectivity index (χ0) is 24.7. The van der Waals surface area contributed by atoms with Gasteiger partial charge in [-0.3, -0.25) is 9.59 Å². The molecule has 0 spiro atoms. The molecule has 0 bridgehead atoms. The quantitative estimate of drug-likeness (QED) is 0.543. The Kier molecular flexibility index (Phi) is 4.78. The fraction of sp³-hybridized carbons (Fsp3) is 0.250. The summed E-state index contributed by atoms with van der Waals surface area (Å²) in [4.78, 5) is 24.6. The standard InChI is InChI=1S/C20H21N3O5S2/c1-10-8-11(2)17(15(9-10)14(5)24)21-19(25)18-16(6-7-29-18)30(26,27)23-20-12(3)13(4)22-28-20/h6-9,23H,1-5H3,(H,21,25)/i3D3. The third-order valence-corrected chi connectivity index (χ3v) is 6.73. The number of hydrogen-bond donors (Lipinski definition) is 2. The molecule has 1 aromatic carbocycles. The molecule has 0 radical (unpaired) electrons. The molecule has 0 unspecified atom stereocenters. The van der Waals surface area contributed by atoms with Crippen LogP contribution in [0, 0.1) is 27.6 Å². The number of thiophene rings is 1. The number of aryl methyl sites for hydroxylation is 3. The van der Waals surface area contributed by atoms with E-state index >= 15 is 0 Å². The summed E-state index contributed by atoms with van der Waals surface area (Å²) in [5.74, 6) is -1.53. The Morgan fingerprint density at radius 2 is 1.97 bits per heavy atom. The second-order valence-electron chi connectivity index (χ2n) is 6.71. The molecule has 0 fully saturated rings. The molecule has 2 heterocycles. The van der Waals surface area contributed by atoms with Crippen molar-refractivity contribution < 1.29 is 26.6 Å². The first-order valence-corrected chi connectivity index (χ1v) is 11.1. The van der Waals surface area contributed by atoms with Gasteiger partial charge >= 0.3 is 0 Å². The van der Waals surface area contributed by atoms with Crippen molar-refractivity contribution in [1.29, 1.82) is 0 Å². The predicted octanol–water partition coefficient (Wildman–Crippen LogP) is 4.23. The lowest BCUT2D eigenvalue weighted by Crippen LogP contribution is -2.20. The van der Waals surface area contributed by atoms with Crippen molar-refractivity contribution in [3.63, 3.8) is 0 Å². The number of nitrogens with one attached hydrogen (secondary N) is 2. The Labute approximate surface area is 182 Å². The topological polar surface area (TPSA) is 118 Å². The summed E-state index contributed by atoms with van der Waals surface area (Å²) < 4.78 is 55.7. The van der Waals surface area contributed by atoms with E-state index in [2.05, 4.69) is 15.2 Å². The lowest BCUT2D eigenvalue weighted by molar-refractivity contribution is 0.101. The summed E-state index contributed by atoms with van der Waals surface area (Å²) in [5, 5.41) is 7.58. The molecule has 158 valence electrons. The summed E-state index contributed by atoms with van der Waals surface area (Å²) in [6.45, 7) is 3.63. The van der Waals surface area contributed by atoms with Crippen molar-refractivity contribution in [3.05, 3.63) is 56.4 Å². The second kappa shape index (κ2) is 8.04. The van der Waals surface area contributed by atoms with E-state index < -0.39 is 28.7 Å². The van der Waals surface area contributed by atoms with Gasteiger partial charge in [-0.2, -0.15) is 0 Å². The van der Waals surface area contributed by atoms with Crippen molar-refractivity contribution >= 4 is 44.6 Å². The van der Waals surface area contributed by atoms with Crippen LogP contribution in [0.1, 0.15) is 53.4 Å². The molecule has 1 amide bonds. The number of Topliss-reactive ketones (excluding diaryl/α,β-unsaturated/α-hetero) is 1. The molecule has 10 heteroatoms. The summed E-state index contributed by atoms with van der Waals surface area (Å²) in [6, 6.07) is 4.65. The highest BCUT2D eigenvalue weighted by Gasteiger charge is 2.27. The molecule has 3 aromatic rings. The van der Waals surface area contributed by atoms with E-state index in [1.165, 1.54) is 25.3 Å². The average molecular weight is 451 g/mol. The number of carbonyl (C=O) groups is 2. The minimum absolute atomic E-state index is 0.0163. The van der Waals surface area contributed by atoms with Crippen LogP contribution in [0.25, 0.3) is 0 Å². The maximum atomic E-state index is 13.0. The summed E-state index contributed by atoms with van der Waals surface area (Å²) in [6.07, 6.45) is 0. The van der Waals surface area contributed by atoms with Gasteiger partial charge in [0.2, 0.25) is 5.88 Å². The fourth-order valence-corrected chi connectivity index (χ4v) is 5.19. The number of carbonyl (C=O) groups excluding carboxylic acids is 2. The molecule has 0 aliphatic heterocycles. The van der Waals surface area contributed by atoms with Gasteiger partial charge in [0.05, 0.1) is 11.4 Å². The maximum Gasteiger partial charge on any atom is 0.267 e. The Hall–Kier alpha value is -2.98. The van der Waals surface area contributed by atoms with Gasteiger partial charge in [0, 0.05) is 15.2 Å². The van der Waals surface area contributed by atoms with Gasteiger partial charge in [0.15, 0.2) is 5.78 Å². The molecule has 0 aliphatic carbocycles. The van der Waals surface area contributed by atoms with Gasteiger partial charge in [-0.25, -0.2) is 13.1 Å². The van der Waals surface area contributed by atoms with Crippen LogP contribution < -0.4 is 10.0 Å². The molecule has 2 N–H and O–H groups in total. The number of benzene rings is 1. The SMILES string of the molecule is [2H]C([2H])([2H])c1c(C)noc1NS(=O)(=O)c1ccsc1C(=O)Nc1c(C)cc(C)cc1C(C)=O. The Balaban J connectivity index is 1.97. The molecule has 30 heavy (non-hydrogen) atoms. The summed E-state index contributed by atoms with van der Waals surface area (Å²) in [5.41, 5.74) is 1.73. The molecular formula is C20H21N3O5S2. The summed E-state index contributed by atoms with van der Waals surface area (Å²) in [7, 11) is -4.40. The average Bonchev–Trinajstić information content (AvgIpc) is 3.30. The van der Waals surface area contributed by atoms with E-state index in [1.54, 1.807) is 19.1 Å². The highest BCUT2D eigenvalue weighted by molar-refractivity contribution is 7.93. The van der Waals surface area contributed by atoms with Crippen LogP contribution >= 0.6 is 11.3 Å². The van der Waals surface area contributed by atoms with Crippen molar-refractivity contribution in [1.82, 2.24) is 5.16 Å². The maximum absolute atomic E-state index is 13.0. The Morgan fingerprint density at radius 3 is 2.63 bits per heavy atom. The lowest BCUT2D eigenvalue weighted by atomic mass is 10.0. The van der Waals surface area contributed by atoms with Crippen LogP contribution in [-0.4, -0.2) is 25.3 Å². The third kappa shape index (κ3) is 4.14. The highest BCUT2D eigenvalue weighted by atomic mass is 32.2. The van der Waals surface area contributed by atoms with Crippen LogP contribution in [0.2, 0.25) is 0 Å². The van der Waals surface area contributed by atoms with E-state index in [0.717, 1.165) is 16.9 Å². The van der Waals surface area contributed by atoms with Crippen LogP contribution in [0.4, 0.5) is 11.6 Å². The molecule has 0 atom stereocenters. The van der Waals surface area contributed by atoms with E-state index in [-0.39, 0.29) is 26.8 Å². The van der Waals surface area contributed by atoms with E-state index in [9.17, 15) is 18.0 Å². The number of ketones is 1. The zero-order valence-corrected chi connectivity index (χ0v) is 18.2. The van der Waals surface area contributed by atoms with Crippen LogP contribution in [-0.2, 0) is 10.0 Å². The molecule has 2 aromatic heterocycles. The Morgan fingerprint density at radius 1 is 1.23 bits per heavy atom. The molecule has 3 rings (SSSR count). The number of anilines is 2. The van der Waals surface area contributed by atoms with Crippen molar-refractivity contribution in [2.24, 2.45) is 0 Å². The monoisotopic (exact) mass is 450 g/mol. The molecule has 8 nitrogen and oxygen atoms in total. The highest BCUT2D eigenvalue weighted by Crippen LogP contribution is 2.29. The molecule has 0 aliphatic rings. The van der Waals surface area contributed by atoms with Gasteiger partial charge in [-0.05, 0) is 63.2 Å². The normalized spacial score (nSPS) is 13.3. The van der Waals surface area contributed by atoms with Gasteiger partial charge in [0.1, 0.15) is 9.77 Å². The molecular weight excluding hydrogens is 426 g/mol. The van der Waals surface area contributed by atoms with Crippen molar-refractivity contribution in [2.75, 3.05) is 10.0 Å².